The number of aromatic nitrogens is 1. The molecule has 4 rings (SSSR count). The summed E-state index contributed by atoms with van der Waals surface area (Å²) in [6.45, 7) is -0.273. The first-order valence-corrected chi connectivity index (χ1v) is 11.6. The highest BCUT2D eigenvalue weighted by Crippen LogP contribution is 2.34. The molecule has 0 aliphatic carbocycles. The molecular formula is C22H20ClN5O3S. The van der Waals surface area contributed by atoms with Crippen molar-refractivity contribution in [2.75, 3.05) is 25.5 Å². The van der Waals surface area contributed by atoms with Crippen molar-refractivity contribution < 1.29 is 13.2 Å². The Morgan fingerprint density at radius 1 is 1.31 bits per heavy atom. The highest BCUT2D eigenvalue weighted by molar-refractivity contribution is 7.86. The lowest BCUT2D eigenvalue weighted by molar-refractivity contribution is -0.118. The number of pyridine rings is 1. The summed E-state index contributed by atoms with van der Waals surface area (Å²) >= 11 is 6.19. The van der Waals surface area contributed by atoms with Crippen LogP contribution in [0.1, 0.15) is 17.0 Å². The van der Waals surface area contributed by atoms with E-state index in [9.17, 15) is 13.2 Å². The van der Waals surface area contributed by atoms with E-state index in [0.29, 0.717) is 21.8 Å². The van der Waals surface area contributed by atoms with Crippen LogP contribution in [-0.2, 0) is 21.5 Å². The van der Waals surface area contributed by atoms with E-state index in [1.54, 1.807) is 30.6 Å². The Kier molecular flexibility index (Phi) is 6.13. The van der Waals surface area contributed by atoms with Crippen molar-refractivity contribution in [3.05, 3.63) is 71.0 Å². The number of amides is 1. The summed E-state index contributed by atoms with van der Waals surface area (Å²) in [6.07, 6.45) is 3.27. The molecule has 0 spiro atoms. The van der Waals surface area contributed by atoms with Gasteiger partial charge in [0.2, 0.25) is 5.91 Å². The number of nitrogens with one attached hydrogen (secondary N) is 1. The van der Waals surface area contributed by atoms with Gasteiger partial charge in [0, 0.05) is 42.1 Å². The number of benzene rings is 2. The molecule has 0 fully saturated rings. The number of nitriles is 1. The SMILES string of the molecule is CN(CC#N)S(=O)(=O)N1Cc2ccc(Cl)cc2C(C(=O)Nc2cncc3ccccc23)C1. The third-order valence-electron chi connectivity index (χ3n) is 5.47. The van der Waals surface area contributed by atoms with E-state index in [2.05, 4.69) is 10.3 Å². The van der Waals surface area contributed by atoms with E-state index in [-0.39, 0.29) is 25.5 Å². The van der Waals surface area contributed by atoms with Gasteiger partial charge in [-0.15, -0.1) is 0 Å². The first-order chi connectivity index (χ1) is 15.3. The van der Waals surface area contributed by atoms with Crippen LogP contribution in [0.15, 0.2) is 54.9 Å². The van der Waals surface area contributed by atoms with Crippen LogP contribution in [0.2, 0.25) is 5.02 Å². The molecule has 0 saturated carbocycles. The zero-order valence-electron chi connectivity index (χ0n) is 17.2. The summed E-state index contributed by atoms with van der Waals surface area (Å²) in [5.74, 6) is -1.16. The van der Waals surface area contributed by atoms with E-state index in [1.807, 2.05) is 30.3 Å². The molecule has 0 bridgehead atoms. The number of halogens is 1. The molecule has 2 heterocycles. The van der Waals surface area contributed by atoms with Gasteiger partial charge in [-0.2, -0.15) is 22.3 Å². The molecule has 0 radical (unpaired) electrons. The highest BCUT2D eigenvalue weighted by Gasteiger charge is 2.37. The Bertz CT molecular complexity index is 1330. The molecule has 0 saturated heterocycles. The first-order valence-electron chi connectivity index (χ1n) is 9.81. The maximum atomic E-state index is 13.4. The molecule has 8 nitrogen and oxygen atoms in total. The molecule has 32 heavy (non-hydrogen) atoms. The lowest BCUT2D eigenvalue weighted by Crippen LogP contribution is -2.47. The number of nitrogens with zero attached hydrogens (tertiary/aromatic N) is 4. The van der Waals surface area contributed by atoms with Gasteiger partial charge in [0.05, 0.1) is 23.9 Å². The van der Waals surface area contributed by atoms with Crippen molar-refractivity contribution in [3.8, 4) is 6.07 Å². The smallest absolute Gasteiger partial charge is 0.283 e. The molecule has 3 aromatic rings. The molecule has 1 N–H and O–H groups in total. The van der Waals surface area contributed by atoms with Gasteiger partial charge in [0.1, 0.15) is 6.54 Å². The Balaban J connectivity index is 1.70. The molecule has 1 atom stereocenters. The van der Waals surface area contributed by atoms with Crippen molar-refractivity contribution in [2.24, 2.45) is 0 Å². The van der Waals surface area contributed by atoms with Crippen molar-refractivity contribution in [1.29, 1.82) is 5.26 Å². The van der Waals surface area contributed by atoms with Gasteiger partial charge in [-0.05, 0) is 23.3 Å². The number of fused-ring (bicyclic) bond motifs is 2. The van der Waals surface area contributed by atoms with Crippen molar-refractivity contribution in [1.82, 2.24) is 13.6 Å². The largest absolute Gasteiger partial charge is 0.324 e. The highest BCUT2D eigenvalue weighted by atomic mass is 35.5. The minimum absolute atomic E-state index is 0.0739. The fourth-order valence-electron chi connectivity index (χ4n) is 3.80. The van der Waals surface area contributed by atoms with Crippen LogP contribution >= 0.6 is 11.6 Å². The van der Waals surface area contributed by atoms with Crippen LogP contribution in [0, 0.1) is 11.3 Å². The van der Waals surface area contributed by atoms with Crippen LogP contribution in [0.25, 0.3) is 10.8 Å². The molecule has 1 unspecified atom stereocenters. The van der Waals surface area contributed by atoms with Crippen molar-refractivity contribution >= 4 is 44.2 Å². The Hall–Kier alpha value is -3.03. The molecule has 1 amide bonds. The molecule has 10 heteroatoms. The van der Waals surface area contributed by atoms with E-state index in [4.69, 9.17) is 16.9 Å². The molecule has 164 valence electrons. The molecule has 1 aromatic heterocycles. The third kappa shape index (κ3) is 4.18. The van der Waals surface area contributed by atoms with Crippen LogP contribution in [0.3, 0.4) is 0 Å². The lowest BCUT2D eigenvalue weighted by atomic mass is 9.90. The fraction of sp³-hybridized carbons (Fsp3) is 0.227. The summed E-state index contributed by atoms with van der Waals surface area (Å²) in [5.41, 5.74) is 1.90. The van der Waals surface area contributed by atoms with Gasteiger partial charge < -0.3 is 5.32 Å². The molecule has 1 aliphatic rings. The van der Waals surface area contributed by atoms with E-state index < -0.39 is 16.1 Å². The van der Waals surface area contributed by atoms with E-state index in [1.165, 1.54) is 11.4 Å². The summed E-state index contributed by atoms with van der Waals surface area (Å²) in [4.78, 5) is 17.6. The number of hydrogen-bond donors (Lipinski definition) is 1. The summed E-state index contributed by atoms with van der Waals surface area (Å²) < 4.78 is 28.2. The first kappa shape index (κ1) is 22.2. The standard InChI is InChI=1S/C22H20ClN5O3S/c1-27(9-8-24)32(30,31)28-13-16-6-7-17(23)10-19(16)20(14-28)22(29)26-21-12-25-11-15-4-2-3-5-18(15)21/h2-7,10-12,20H,9,13-14H2,1H3,(H,26,29). The van der Waals surface area contributed by atoms with Crippen LogP contribution in [0.4, 0.5) is 5.69 Å². The van der Waals surface area contributed by atoms with Gasteiger partial charge in [-0.1, -0.05) is 41.9 Å². The maximum absolute atomic E-state index is 13.4. The van der Waals surface area contributed by atoms with Crippen molar-refractivity contribution in [2.45, 2.75) is 12.5 Å². The van der Waals surface area contributed by atoms with E-state index >= 15 is 0 Å². The number of carbonyl (C=O) groups excluding carboxylic acids is 1. The number of anilines is 1. The minimum atomic E-state index is -3.93. The zero-order chi connectivity index (χ0) is 22.9. The number of carbonyl (C=O) groups is 1. The average molecular weight is 470 g/mol. The third-order valence-corrected chi connectivity index (χ3v) is 7.56. The summed E-state index contributed by atoms with van der Waals surface area (Å²) in [5, 5.41) is 14.0. The molecule has 1 aliphatic heterocycles. The van der Waals surface area contributed by atoms with Crippen LogP contribution in [-0.4, -0.2) is 48.1 Å². The topological polar surface area (TPSA) is 106 Å². The summed E-state index contributed by atoms with van der Waals surface area (Å²) in [7, 11) is -2.59. The van der Waals surface area contributed by atoms with Crippen LogP contribution in [0.5, 0.6) is 0 Å². The maximum Gasteiger partial charge on any atom is 0.283 e. The van der Waals surface area contributed by atoms with Gasteiger partial charge in [-0.25, -0.2) is 0 Å². The number of rotatable bonds is 5. The van der Waals surface area contributed by atoms with Gasteiger partial charge in [-0.3, -0.25) is 9.78 Å². The lowest BCUT2D eigenvalue weighted by Gasteiger charge is -2.35. The Morgan fingerprint density at radius 3 is 2.88 bits per heavy atom. The second-order valence-corrected chi connectivity index (χ2v) is 9.98. The molecule has 2 aromatic carbocycles. The monoisotopic (exact) mass is 469 g/mol. The van der Waals surface area contributed by atoms with Crippen LogP contribution < -0.4 is 5.32 Å². The van der Waals surface area contributed by atoms with Crippen molar-refractivity contribution in [3.63, 3.8) is 0 Å². The predicted octanol–water partition coefficient (Wildman–Crippen LogP) is 3.13. The summed E-state index contributed by atoms with van der Waals surface area (Å²) in [6, 6.07) is 14.5. The fourth-order valence-corrected chi connectivity index (χ4v) is 5.24. The number of hydrogen-bond acceptors (Lipinski definition) is 5. The van der Waals surface area contributed by atoms with Gasteiger partial charge in [0.25, 0.3) is 10.2 Å². The second-order valence-electron chi connectivity index (χ2n) is 7.51. The minimum Gasteiger partial charge on any atom is -0.324 e. The Labute approximate surface area is 191 Å². The normalized spacial score (nSPS) is 16.5. The second kappa shape index (κ2) is 8.84. The predicted molar refractivity (Wildman–Crippen MR) is 122 cm³/mol. The zero-order valence-corrected chi connectivity index (χ0v) is 18.8. The van der Waals surface area contributed by atoms with E-state index in [0.717, 1.165) is 15.1 Å². The Morgan fingerprint density at radius 2 is 2.09 bits per heavy atom. The molecular weight excluding hydrogens is 450 g/mol. The van der Waals surface area contributed by atoms with Gasteiger partial charge >= 0.3 is 0 Å². The average Bonchev–Trinajstić information content (AvgIpc) is 2.78. The quantitative estimate of drug-likeness (QED) is 0.578. The van der Waals surface area contributed by atoms with Gasteiger partial charge in [0.15, 0.2) is 0 Å².